The molecule has 0 saturated carbocycles. The van der Waals surface area contributed by atoms with Gasteiger partial charge in [0.1, 0.15) is 11.3 Å². The minimum Gasteiger partial charge on any atom is -0.507 e. The van der Waals surface area contributed by atoms with Crippen LogP contribution in [0.2, 0.25) is 0 Å². The summed E-state index contributed by atoms with van der Waals surface area (Å²) >= 11 is 0. The summed E-state index contributed by atoms with van der Waals surface area (Å²) in [5.41, 5.74) is 5.20. The molecule has 1 aromatic carbocycles. The Morgan fingerprint density at radius 1 is 1.47 bits per heavy atom. The number of halogens is 1. The molecule has 19 heavy (non-hydrogen) atoms. The van der Waals surface area contributed by atoms with E-state index in [1.54, 1.807) is 0 Å². The molecular weight excluding hydrogens is 257 g/mol. The molecule has 0 radical (unpaired) electrons. The zero-order chi connectivity index (χ0) is 14.6. The van der Waals surface area contributed by atoms with Gasteiger partial charge in [-0.05, 0) is 24.6 Å². The number of carbonyl (C=O) groups excluding carboxylic acids is 1. The number of hydrogen-bond donors (Lipinski definition) is 3. The second-order valence-electron chi connectivity index (χ2n) is 3.76. The topological polar surface area (TPSA) is 110 Å². The summed E-state index contributed by atoms with van der Waals surface area (Å²) < 4.78 is 18.2. The summed E-state index contributed by atoms with van der Waals surface area (Å²) in [6, 6.07) is 1.99. The van der Waals surface area contributed by atoms with Crippen molar-refractivity contribution in [2.45, 2.75) is 19.1 Å². The normalized spacial score (nSPS) is 13.6. The number of esters is 1. The van der Waals surface area contributed by atoms with Crippen molar-refractivity contribution in [2.24, 2.45) is 5.73 Å². The molecule has 0 amide bonds. The molecule has 0 heterocycles. The molecule has 0 fully saturated rings. The second kappa shape index (κ2) is 6.14. The average molecular weight is 271 g/mol. The molecule has 1 aromatic rings. The van der Waals surface area contributed by atoms with E-state index in [2.05, 4.69) is 4.74 Å². The Kier molecular flexibility index (Phi) is 4.82. The fourth-order valence-electron chi connectivity index (χ4n) is 1.47. The number of aromatic hydroxyl groups is 1. The zero-order valence-electron chi connectivity index (χ0n) is 10.2. The molecular formula is C12H14FNO5. The van der Waals surface area contributed by atoms with Gasteiger partial charge in [0, 0.05) is 0 Å². The molecule has 0 bridgehead atoms. The van der Waals surface area contributed by atoms with Crippen molar-refractivity contribution in [1.82, 2.24) is 0 Å². The minimum atomic E-state index is -2.11. The van der Waals surface area contributed by atoms with E-state index >= 15 is 0 Å². The molecule has 2 atom stereocenters. The molecule has 0 aliphatic carbocycles. The lowest BCUT2D eigenvalue weighted by atomic mass is 10.0. The third-order valence-electron chi connectivity index (χ3n) is 2.46. The number of carboxylic acid groups (broad SMARTS) is 1. The summed E-state index contributed by atoms with van der Waals surface area (Å²) in [7, 11) is 0. The standard InChI is InChI=1S/C12H14FNO5/c1-2-19-12(18)9(13)10(14)6-3-4-8(15)7(5-6)11(16)17/h3-5,9-10,15H,2,14H2,1H3,(H,16,17)/t9?,10-/m1/s1. The predicted octanol–water partition coefficient (Wildman–Crippen LogP) is 0.991. The first kappa shape index (κ1) is 14.9. The molecule has 0 aliphatic heterocycles. The van der Waals surface area contributed by atoms with Crippen LogP contribution in [0.5, 0.6) is 5.75 Å². The van der Waals surface area contributed by atoms with Crippen LogP contribution < -0.4 is 5.73 Å². The Morgan fingerprint density at radius 3 is 2.63 bits per heavy atom. The van der Waals surface area contributed by atoms with E-state index in [1.807, 2.05) is 0 Å². The number of aromatic carboxylic acids is 1. The van der Waals surface area contributed by atoms with Crippen molar-refractivity contribution in [1.29, 1.82) is 0 Å². The van der Waals surface area contributed by atoms with E-state index in [0.717, 1.165) is 12.1 Å². The largest absolute Gasteiger partial charge is 0.507 e. The summed E-state index contributed by atoms with van der Waals surface area (Å²) in [5, 5.41) is 18.1. The van der Waals surface area contributed by atoms with Gasteiger partial charge in [0.25, 0.3) is 0 Å². The first-order valence-corrected chi connectivity index (χ1v) is 5.51. The highest BCUT2D eigenvalue weighted by Gasteiger charge is 2.28. The highest BCUT2D eigenvalue weighted by molar-refractivity contribution is 5.91. The van der Waals surface area contributed by atoms with Gasteiger partial charge in [-0.2, -0.15) is 0 Å². The third-order valence-corrected chi connectivity index (χ3v) is 2.46. The highest BCUT2D eigenvalue weighted by Crippen LogP contribution is 2.24. The first-order chi connectivity index (χ1) is 8.88. The number of nitrogens with two attached hydrogens (primary N) is 1. The molecule has 1 rings (SSSR count). The number of ether oxygens (including phenoxy) is 1. The van der Waals surface area contributed by atoms with Gasteiger partial charge in [-0.3, -0.25) is 0 Å². The maximum Gasteiger partial charge on any atom is 0.342 e. The van der Waals surface area contributed by atoms with Gasteiger partial charge in [0.15, 0.2) is 0 Å². The van der Waals surface area contributed by atoms with E-state index in [9.17, 15) is 19.1 Å². The Hall–Kier alpha value is -2.15. The van der Waals surface area contributed by atoms with Gasteiger partial charge in [-0.15, -0.1) is 0 Å². The molecule has 7 heteroatoms. The van der Waals surface area contributed by atoms with Crippen LogP contribution in [0.1, 0.15) is 28.9 Å². The van der Waals surface area contributed by atoms with Crippen LogP contribution in [0.3, 0.4) is 0 Å². The smallest absolute Gasteiger partial charge is 0.342 e. The van der Waals surface area contributed by atoms with Crippen LogP contribution in [0.25, 0.3) is 0 Å². The second-order valence-corrected chi connectivity index (χ2v) is 3.76. The van der Waals surface area contributed by atoms with Gasteiger partial charge >= 0.3 is 11.9 Å². The lowest BCUT2D eigenvalue weighted by Gasteiger charge is -2.16. The van der Waals surface area contributed by atoms with Crippen molar-refractivity contribution in [3.63, 3.8) is 0 Å². The van der Waals surface area contributed by atoms with Gasteiger partial charge in [-0.1, -0.05) is 6.07 Å². The number of hydrogen-bond acceptors (Lipinski definition) is 5. The van der Waals surface area contributed by atoms with Crippen molar-refractivity contribution in [2.75, 3.05) is 6.61 Å². The fraction of sp³-hybridized carbons (Fsp3) is 0.333. The van der Waals surface area contributed by atoms with E-state index in [4.69, 9.17) is 10.8 Å². The summed E-state index contributed by atoms with van der Waals surface area (Å²) in [4.78, 5) is 22.0. The molecule has 4 N–H and O–H groups in total. The Labute approximate surface area is 108 Å². The number of carboxylic acids is 1. The average Bonchev–Trinajstić information content (AvgIpc) is 2.37. The summed E-state index contributed by atoms with van der Waals surface area (Å²) in [6.45, 7) is 1.54. The van der Waals surface area contributed by atoms with Crippen LogP contribution in [0.15, 0.2) is 18.2 Å². The summed E-state index contributed by atoms with van der Waals surface area (Å²) in [6.07, 6.45) is -2.11. The van der Waals surface area contributed by atoms with Gasteiger partial charge in [0.2, 0.25) is 6.17 Å². The fourth-order valence-corrected chi connectivity index (χ4v) is 1.47. The highest BCUT2D eigenvalue weighted by atomic mass is 19.1. The van der Waals surface area contributed by atoms with Crippen molar-refractivity contribution in [3.8, 4) is 5.75 Å². The maximum absolute atomic E-state index is 13.7. The molecule has 1 unspecified atom stereocenters. The number of alkyl halides is 1. The number of carbonyl (C=O) groups is 2. The molecule has 0 spiro atoms. The molecule has 0 saturated heterocycles. The number of rotatable bonds is 5. The van der Waals surface area contributed by atoms with Crippen molar-refractivity contribution < 1.29 is 28.9 Å². The van der Waals surface area contributed by atoms with Crippen LogP contribution in [0.4, 0.5) is 4.39 Å². The lowest BCUT2D eigenvalue weighted by molar-refractivity contribution is -0.149. The Bertz CT molecular complexity index is 491. The van der Waals surface area contributed by atoms with E-state index in [-0.39, 0.29) is 12.2 Å². The Balaban J connectivity index is 3.00. The van der Waals surface area contributed by atoms with Gasteiger partial charge in [0.05, 0.1) is 12.6 Å². The minimum absolute atomic E-state index is 0.0158. The molecule has 0 aromatic heterocycles. The van der Waals surface area contributed by atoms with Gasteiger partial charge in [-0.25, -0.2) is 14.0 Å². The maximum atomic E-state index is 13.7. The van der Waals surface area contributed by atoms with E-state index in [1.165, 1.54) is 13.0 Å². The lowest BCUT2D eigenvalue weighted by Crippen LogP contribution is -2.31. The SMILES string of the molecule is CCOC(=O)C(F)[C@H](N)c1ccc(O)c(C(=O)O)c1. The molecule has 0 aliphatic rings. The summed E-state index contributed by atoms with van der Waals surface area (Å²) in [5.74, 6) is -2.95. The first-order valence-electron chi connectivity index (χ1n) is 5.51. The van der Waals surface area contributed by atoms with Crippen LogP contribution >= 0.6 is 0 Å². The van der Waals surface area contributed by atoms with E-state index < -0.39 is 35.5 Å². The van der Waals surface area contributed by atoms with Gasteiger partial charge < -0.3 is 20.7 Å². The third kappa shape index (κ3) is 3.41. The molecule has 104 valence electrons. The van der Waals surface area contributed by atoms with Crippen LogP contribution in [-0.4, -0.2) is 34.9 Å². The predicted molar refractivity (Wildman–Crippen MR) is 63.5 cm³/mol. The van der Waals surface area contributed by atoms with Crippen LogP contribution in [0, 0.1) is 0 Å². The molecule has 6 nitrogen and oxygen atoms in total. The number of benzene rings is 1. The number of phenols is 1. The van der Waals surface area contributed by atoms with Crippen molar-refractivity contribution in [3.05, 3.63) is 29.3 Å². The Morgan fingerprint density at radius 2 is 2.11 bits per heavy atom. The van der Waals surface area contributed by atoms with Crippen LogP contribution in [-0.2, 0) is 9.53 Å². The monoisotopic (exact) mass is 271 g/mol. The van der Waals surface area contributed by atoms with Crippen molar-refractivity contribution >= 4 is 11.9 Å². The zero-order valence-corrected chi connectivity index (χ0v) is 10.2. The quantitative estimate of drug-likeness (QED) is 0.689. The van der Waals surface area contributed by atoms with E-state index in [0.29, 0.717) is 0 Å².